The fourth-order valence-electron chi connectivity index (χ4n) is 2.16. The molecule has 0 radical (unpaired) electrons. The first-order valence-corrected chi connectivity index (χ1v) is 6.51. The zero-order valence-corrected chi connectivity index (χ0v) is 11.6. The smallest absolute Gasteiger partial charge is 0.329 e. The van der Waals surface area contributed by atoms with Crippen molar-refractivity contribution in [3.8, 4) is 0 Å². The van der Waals surface area contributed by atoms with E-state index in [4.69, 9.17) is 9.84 Å². The maximum Gasteiger partial charge on any atom is 0.329 e. The average molecular weight is 296 g/mol. The van der Waals surface area contributed by atoms with E-state index in [0.717, 1.165) is 0 Å². The minimum atomic E-state index is -1.04. The molecule has 7 heteroatoms. The number of urea groups is 1. The van der Waals surface area contributed by atoms with Gasteiger partial charge < -0.3 is 20.1 Å². The predicted molar refractivity (Wildman–Crippen MR) is 72.2 cm³/mol. The van der Waals surface area contributed by atoms with Gasteiger partial charge in [0, 0.05) is 12.1 Å². The van der Waals surface area contributed by atoms with Gasteiger partial charge in [0.1, 0.15) is 18.0 Å². The van der Waals surface area contributed by atoms with Crippen molar-refractivity contribution in [3.05, 3.63) is 35.6 Å². The van der Waals surface area contributed by atoms with Crippen molar-refractivity contribution in [2.75, 3.05) is 19.7 Å². The van der Waals surface area contributed by atoms with Crippen LogP contribution in [0.4, 0.5) is 9.18 Å². The molecule has 0 atom stereocenters. The normalized spacial score (nSPS) is 16.2. The summed E-state index contributed by atoms with van der Waals surface area (Å²) in [5, 5.41) is 11.2. The molecule has 1 aromatic carbocycles. The van der Waals surface area contributed by atoms with Crippen LogP contribution in [-0.2, 0) is 16.1 Å². The number of aliphatic carboxylic acids is 1. The summed E-state index contributed by atoms with van der Waals surface area (Å²) in [6, 6.07) is 5.90. The molecule has 1 aliphatic rings. The Morgan fingerprint density at radius 2 is 2.10 bits per heavy atom. The molecule has 0 saturated carbocycles. The van der Waals surface area contributed by atoms with Crippen molar-refractivity contribution >= 4 is 12.0 Å². The quantitative estimate of drug-likeness (QED) is 0.856. The molecule has 21 heavy (non-hydrogen) atoms. The van der Waals surface area contributed by atoms with Crippen LogP contribution in [0.25, 0.3) is 0 Å². The molecule has 1 aliphatic heterocycles. The monoisotopic (exact) mass is 296 g/mol. The van der Waals surface area contributed by atoms with Gasteiger partial charge in [-0.05, 0) is 13.0 Å². The number of carboxylic acids is 1. The van der Waals surface area contributed by atoms with Crippen molar-refractivity contribution < 1.29 is 23.8 Å². The first-order valence-electron chi connectivity index (χ1n) is 6.51. The average Bonchev–Trinajstić information content (AvgIpc) is 2.41. The van der Waals surface area contributed by atoms with Gasteiger partial charge >= 0.3 is 12.0 Å². The number of hydrogen-bond donors (Lipinski definition) is 2. The van der Waals surface area contributed by atoms with Crippen LogP contribution in [0.5, 0.6) is 0 Å². The van der Waals surface area contributed by atoms with E-state index in [0.29, 0.717) is 18.7 Å². The lowest BCUT2D eigenvalue weighted by molar-refractivity contribution is -0.159. The second kappa shape index (κ2) is 6.09. The number of nitrogens with one attached hydrogen (secondary N) is 1. The van der Waals surface area contributed by atoms with Gasteiger partial charge in [0.15, 0.2) is 0 Å². The van der Waals surface area contributed by atoms with Crippen LogP contribution in [0.2, 0.25) is 0 Å². The highest BCUT2D eigenvalue weighted by atomic mass is 19.1. The Balaban J connectivity index is 1.76. The molecule has 0 aromatic heterocycles. The molecule has 0 bridgehead atoms. The van der Waals surface area contributed by atoms with Crippen LogP contribution in [0.15, 0.2) is 24.3 Å². The third-order valence-electron chi connectivity index (χ3n) is 3.27. The van der Waals surface area contributed by atoms with Crippen LogP contribution >= 0.6 is 0 Å². The van der Waals surface area contributed by atoms with Gasteiger partial charge in [0.2, 0.25) is 0 Å². The number of hydrogen-bond acceptors (Lipinski definition) is 3. The van der Waals surface area contributed by atoms with Crippen LogP contribution in [0, 0.1) is 5.82 Å². The number of carbonyl (C=O) groups is 2. The fraction of sp³-hybridized carbons (Fsp3) is 0.429. The number of carboxylic acid groups (broad SMARTS) is 1. The minimum absolute atomic E-state index is 0.106. The standard InChI is InChI=1S/C14H17FN2O4/c1-14(21-7-12(18)19)8-17(9-14)13(20)16-6-10-4-2-3-5-11(10)15/h2-5H,6-9H2,1H3,(H,16,20)(H,18,19). The molecule has 2 N–H and O–H groups in total. The number of ether oxygens (including phenoxy) is 1. The molecular weight excluding hydrogens is 279 g/mol. The maximum atomic E-state index is 13.4. The molecule has 1 aromatic rings. The van der Waals surface area contributed by atoms with Gasteiger partial charge in [-0.15, -0.1) is 0 Å². The Hall–Kier alpha value is -2.15. The third-order valence-corrected chi connectivity index (χ3v) is 3.27. The van der Waals surface area contributed by atoms with E-state index in [-0.39, 0.29) is 25.0 Å². The molecular formula is C14H17FN2O4. The van der Waals surface area contributed by atoms with Crippen molar-refractivity contribution in [3.63, 3.8) is 0 Å². The van der Waals surface area contributed by atoms with E-state index in [1.54, 1.807) is 25.1 Å². The van der Waals surface area contributed by atoms with Crippen LogP contribution < -0.4 is 5.32 Å². The molecule has 1 saturated heterocycles. The minimum Gasteiger partial charge on any atom is -0.480 e. The maximum absolute atomic E-state index is 13.4. The number of nitrogens with zero attached hydrogens (tertiary/aromatic N) is 1. The van der Waals surface area contributed by atoms with E-state index in [1.165, 1.54) is 11.0 Å². The van der Waals surface area contributed by atoms with Gasteiger partial charge in [0.05, 0.1) is 13.1 Å². The van der Waals surface area contributed by atoms with Crippen molar-refractivity contribution in [2.24, 2.45) is 0 Å². The summed E-state index contributed by atoms with van der Waals surface area (Å²) in [4.78, 5) is 23.8. The van der Waals surface area contributed by atoms with Crippen LogP contribution in [0.3, 0.4) is 0 Å². The highest BCUT2D eigenvalue weighted by molar-refractivity contribution is 5.75. The Bertz CT molecular complexity index is 544. The Labute approximate surface area is 121 Å². The second-order valence-corrected chi connectivity index (χ2v) is 5.24. The van der Waals surface area contributed by atoms with Gasteiger partial charge in [0.25, 0.3) is 0 Å². The summed E-state index contributed by atoms with van der Waals surface area (Å²) in [5.74, 6) is -1.41. The van der Waals surface area contributed by atoms with Gasteiger partial charge in [-0.1, -0.05) is 18.2 Å². The number of rotatable bonds is 5. The predicted octanol–water partition coefficient (Wildman–Crippen LogP) is 1.21. The van der Waals surface area contributed by atoms with Gasteiger partial charge in [-0.25, -0.2) is 14.0 Å². The van der Waals surface area contributed by atoms with Gasteiger partial charge in [-0.3, -0.25) is 0 Å². The largest absolute Gasteiger partial charge is 0.480 e. The number of amides is 2. The summed E-state index contributed by atoms with van der Waals surface area (Å²) in [6.07, 6.45) is 0. The SMILES string of the molecule is CC1(OCC(=O)O)CN(C(=O)NCc2ccccc2F)C1. The number of carbonyl (C=O) groups excluding carboxylic acids is 1. The Morgan fingerprint density at radius 1 is 1.43 bits per heavy atom. The van der Waals surface area contributed by atoms with E-state index < -0.39 is 11.6 Å². The van der Waals surface area contributed by atoms with Crippen molar-refractivity contribution in [1.29, 1.82) is 0 Å². The number of benzene rings is 1. The van der Waals surface area contributed by atoms with E-state index in [2.05, 4.69) is 5.32 Å². The number of likely N-dealkylation sites (tertiary alicyclic amines) is 1. The van der Waals surface area contributed by atoms with Crippen LogP contribution in [0.1, 0.15) is 12.5 Å². The lowest BCUT2D eigenvalue weighted by Crippen LogP contribution is -2.65. The van der Waals surface area contributed by atoms with E-state index in [9.17, 15) is 14.0 Å². The molecule has 0 aliphatic carbocycles. The lowest BCUT2D eigenvalue weighted by Gasteiger charge is -2.46. The molecule has 2 amide bonds. The molecule has 0 unspecified atom stereocenters. The highest BCUT2D eigenvalue weighted by Gasteiger charge is 2.42. The summed E-state index contributed by atoms with van der Waals surface area (Å²) in [5.41, 5.74) is -0.218. The number of halogens is 1. The molecule has 1 fully saturated rings. The summed E-state index contributed by atoms with van der Waals surface area (Å²) < 4.78 is 18.6. The highest BCUT2D eigenvalue weighted by Crippen LogP contribution is 2.24. The fourth-order valence-corrected chi connectivity index (χ4v) is 2.16. The molecule has 114 valence electrons. The lowest BCUT2D eigenvalue weighted by atomic mass is 9.97. The molecule has 0 spiro atoms. The van der Waals surface area contributed by atoms with Gasteiger partial charge in [-0.2, -0.15) is 0 Å². The first-order chi connectivity index (χ1) is 9.89. The Morgan fingerprint density at radius 3 is 2.71 bits per heavy atom. The Kier molecular flexibility index (Phi) is 4.42. The topological polar surface area (TPSA) is 78.9 Å². The summed E-state index contributed by atoms with van der Waals surface area (Å²) in [6.45, 7) is 2.08. The molecule has 1 heterocycles. The third kappa shape index (κ3) is 3.91. The second-order valence-electron chi connectivity index (χ2n) is 5.24. The molecule has 6 nitrogen and oxygen atoms in total. The molecule has 2 rings (SSSR count). The van der Waals surface area contributed by atoms with Crippen molar-refractivity contribution in [2.45, 2.75) is 19.1 Å². The first kappa shape index (κ1) is 15.2. The summed E-state index contributed by atoms with van der Waals surface area (Å²) >= 11 is 0. The van der Waals surface area contributed by atoms with E-state index >= 15 is 0 Å². The zero-order valence-electron chi connectivity index (χ0n) is 11.6. The zero-order chi connectivity index (χ0) is 15.5. The van der Waals surface area contributed by atoms with Crippen LogP contribution in [-0.4, -0.2) is 47.3 Å². The van der Waals surface area contributed by atoms with E-state index in [1.807, 2.05) is 0 Å². The summed E-state index contributed by atoms with van der Waals surface area (Å²) in [7, 11) is 0. The van der Waals surface area contributed by atoms with Crippen molar-refractivity contribution in [1.82, 2.24) is 10.2 Å².